The van der Waals surface area contributed by atoms with Crippen LogP contribution in [0.2, 0.25) is 0 Å². The first kappa shape index (κ1) is 20.7. The minimum atomic E-state index is 0.395. The highest BCUT2D eigenvalue weighted by atomic mass is 15.3. The van der Waals surface area contributed by atoms with Crippen molar-refractivity contribution >= 4 is 5.96 Å². The highest BCUT2D eigenvalue weighted by Crippen LogP contribution is 2.06. The fourth-order valence-electron chi connectivity index (χ4n) is 3.25. The van der Waals surface area contributed by atoms with Crippen LogP contribution in [0.4, 0.5) is 0 Å². The van der Waals surface area contributed by atoms with E-state index in [0.717, 1.165) is 58.1 Å². The Morgan fingerprint density at radius 2 is 1.81 bits per heavy atom. The van der Waals surface area contributed by atoms with Crippen molar-refractivity contribution in [1.29, 1.82) is 0 Å². The molecule has 1 aliphatic heterocycles. The average molecular weight is 360 g/mol. The fraction of sp³-hybridized carbons (Fsp3) is 0.667. The molecule has 5 heteroatoms. The summed E-state index contributed by atoms with van der Waals surface area (Å²) in [5.74, 6) is 0.939. The van der Waals surface area contributed by atoms with E-state index in [-0.39, 0.29) is 0 Å². The van der Waals surface area contributed by atoms with Crippen molar-refractivity contribution in [2.45, 2.75) is 45.7 Å². The third-order valence-electron chi connectivity index (χ3n) is 5.11. The quantitative estimate of drug-likeness (QED) is 0.552. The zero-order valence-corrected chi connectivity index (χ0v) is 17.0. The molecule has 0 radical (unpaired) electrons. The van der Waals surface area contributed by atoms with Crippen LogP contribution in [0.1, 0.15) is 32.8 Å². The van der Waals surface area contributed by atoms with Crippen LogP contribution in [0, 0.1) is 0 Å². The molecule has 0 aromatic heterocycles. The number of aryl methyl sites for hydroxylation is 1. The van der Waals surface area contributed by atoms with E-state index in [1.807, 2.05) is 0 Å². The van der Waals surface area contributed by atoms with Gasteiger partial charge in [-0.3, -0.25) is 9.89 Å². The number of benzene rings is 1. The van der Waals surface area contributed by atoms with E-state index < -0.39 is 0 Å². The Bertz CT molecular complexity index is 522. The number of nitrogens with one attached hydrogen (secondary N) is 2. The van der Waals surface area contributed by atoms with E-state index in [4.69, 9.17) is 4.99 Å². The fourth-order valence-corrected chi connectivity index (χ4v) is 3.25. The van der Waals surface area contributed by atoms with Crippen LogP contribution in [-0.2, 0) is 6.42 Å². The van der Waals surface area contributed by atoms with Gasteiger partial charge in [-0.2, -0.15) is 0 Å². The van der Waals surface area contributed by atoms with Crippen LogP contribution >= 0.6 is 0 Å². The van der Waals surface area contributed by atoms with Crippen molar-refractivity contribution in [2.75, 3.05) is 46.3 Å². The van der Waals surface area contributed by atoms with Crippen molar-refractivity contribution in [2.24, 2.45) is 4.99 Å². The lowest BCUT2D eigenvalue weighted by Gasteiger charge is -2.36. The van der Waals surface area contributed by atoms with Crippen LogP contribution in [0.5, 0.6) is 0 Å². The summed E-state index contributed by atoms with van der Waals surface area (Å²) < 4.78 is 0. The number of hydrogen-bond acceptors (Lipinski definition) is 3. The van der Waals surface area contributed by atoms with Crippen LogP contribution in [-0.4, -0.2) is 74.2 Å². The second kappa shape index (κ2) is 11.2. The average Bonchev–Trinajstić information content (AvgIpc) is 2.66. The molecule has 2 N–H and O–H groups in total. The SMILES string of the molecule is CCNC(=NCC(C)N1CCN(C)CC1)NC(C)CCc1ccccc1. The molecule has 1 saturated heterocycles. The number of aliphatic imine (C=N–C) groups is 1. The van der Waals surface area contributed by atoms with Crippen LogP contribution in [0.3, 0.4) is 0 Å². The number of hydrogen-bond donors (Lipinski definition) is 2. The predicted octanol–water partition coefficient (Wildman–Crippen LogP) is 2.20. The maximum Gasteiger partial charge on any atom is 0.191 e. The van der Waals surface area contributed by atoms with Gasteiger partial charge < -0.3 is 15.5 Å². The zero-order valence-electron chi connectivity index (χ0n) is 17.0. The first-order valence-electron chi connectivity index (χ1n) is 10.1. The van der Waals surface area contributed by atoms with Crippen LogP contribution in [0.25, 0.3) is 0 Å². The second-order valence-electron chi connectivity index (χ2n) is 7.48. The van der Waals surface area contributed by atoms with E-state index in [0.29, 0.717) is 12.1 Å². The number of nitrogens with zero attached hydrogens (tertiary/aromatic N) is 3. The van der Waals surface area contributed by atoms with Crippen LogP contribution < -0.4 is 10.6 Å². The highest BCUT2D eigenvalue weighted by molar-refractivity contribution is 5.80. The maximum atomic E-state index is 4.84. The summed E-state index contributed by atoms with van der Waals surface area (Å²) in [6.45, 7) is 13.0. The summed E-state index contributed by atoms with van der Waals surface area (Å²) in [4.78, 5) is 9.78. The molecule has 2 atom stereocenters. The lowest BCUT2D eigenvalue weighted by atomic mass is 10.1. The molecule has 0 amide bonds. The molecule has 26 heavy (non-hydrogen) atoms. The van der Waals surface area contributed by atoms with Gasteiger partial charge in [0.1, 0.15) is 0 Å². The maximum absolute atomic E-state index is 4.84. The zero-order chi connectivity index (χ0) is 18.8. The Morgan fingerprint density at radius 1 is 1.12 bits per heavy atom. The first-order valence-corrected chi connectivity index (χ1v) is 10.1. The Balaban J connectivity index is 1.79. The first-order chi connectivity index (χ1) is 12.6. The Morgan fingerprint density at radius 3 is 2.46 bits per heavy atom. The number of likely N-dealkylation sites (N-methyl/N-ethyl adjacent to an activating group) is 1. The summed E-state index contributed by atoms with van der Waals surface area (Å²) in [6, 6.07) is 11.6. The van der Waals surface area contributed by atoms with E-state index >= 15 is 0 Å². The normalized spacial score (nSPS) is 19.2. The van der Waals surface area contributed by atoms with Gasteiger partial charge in [-0.05, 0) is 46.2 Å². The number of piperazine rings is 1. The summed E-state index contributed by atoms with van der Waals surface area (Å²) in [6.07, 6.45) is 2.19. The number of guanidine groups is 1. The topological polar surface area (TPSA) is 42.9 Å². The molecule has 1 aliphatic rings. The van der Waals surface area contributed by atoms with Gasteiger partial charge in [-0.25, -0.2) is 0 Å². The molecule has 5 nitrogen and oxygen atoms in total. The Hall–Kier alpha value is -1.59. The summed E-state index contributed by atoms with van der Waals surface area (Å²) in [5.41, 5.74) is 1.40. The van der Waals surface area contributed by atoms with Gasteiger partial charge in [-0.1, -0.05) is 30.3 Å². The Labute approximate surface area is 159 Å². The minimum absolute atomic E-state index is 0.395. The van der Waals surface area contributed by atoms with Gasteiger partial charge >= 0.3 is 0 Å². The predicted molar refractivity (Wildman–Crippen MR) is 112 cm³/mol. The summed E-state index contributed by atoms with van der Waals surface area (Å²) in [5, 5.41) is 6.95. The van der Waals surface area contributed by atoms with Gasteiger partial charge in [0.05, 0.1) is 6.54 Å². The lowest BCUT2D eigenvalue weighted by Crippen LogP contribution is -2.49. The van der Waals surface area contributed by atoms with E-state index in [1.54, 1.807) is 0 Å². The van der Waals surface area contributed by atoms with Gasteiger partial charge in [-0.15, -0.1) is 0 Å². The lowest BCUT2D eigenvalue weighted by molar-refractivity contribution is 0.122. The van der Waals surface area contributed by atoms with Gasteiger partial charge in [0.15, 0.2) is 5.96 Å². The summed E-state index contributed by atoms with van der Waals surface area (Å²) in [7, 11) is 2.20. The smallest absolute Gasteiger partial charge is 0.191 e. The monoisotopic (exact) mass is 359 g/mol. The largest absolute Gasteiger partial charge is 0.357 e. The molecular formula is C21H37N5. The standard InChI is InChI=1S/C21H37N5/c1-5-22-21(23-17-19(3)26-15-13-25(4)14-16-26)24-18(2)11-12-20-9-7-6-8-10-20/h6-10,18-19H,5,11-17H2,1-4H3,(H2,22,23,24). The molecule has 1 heterocycles. The second-order valence-corrected chi connectivity index (χ2v) is 7.48. The van der Waals surface area contributed by atoms with E-state index in [2.05, 4.69) is 78.6 Å². The highest BCUT2D eigenvalue weighted by Gasteiger charge is 2.18. The molecule has 0 spiro atoms. The van der Waals surface area contributed by atoms with Gasteiger partial charge in [0.2, 0.25) is 0 Å². The molecular weight excluding hydrogens is 322 g/mol. The van der Waals surface area contributed by atoms with Crippen LogP contribution in [0.15, 0.2) is 35.3 Å². The molecule has 0 saturated carbocycles. The molecule has 0 aliphatic carbocycles. The van der Waals surface area contributed by atoms with Crippen molar-refractivity contribution in [1.82, 2.24) is 20.4 Å². The van der Waals surface area contributed by atoms with Crippen molar-refractivity contribution in [3.8, 4) is 0 Å². The third-order valence-corrected chi connectivity index (χ3v) is 5.11. The van der Waals surface area contributed by atoms with Gasteiger partial charge in [0.25, 0.3) is 0 Å². The van der Waals surface area contributed by atoms with Gasteiger partial charge in [0, 0.05) is 44.8 Å². The molecule has 1 aromatic rings. The molecule has 1 aromatic carbocycles. The summed E-state index contributed by atoms with van der Waals surface area (Å²) >= 11 is 0. The molecule has 2 rings (SSSR count). The van der Waals surface area contributed by atoms with Crippen molar-refractivity contribution in [3.63, 3.8) is 0 Å². The van der Waals surface area contributed by atoms with E-state index in [1.165, 1.54) is 5.56 Å². The molecule has 1 fully saturated rings. The van der Waals surface area contributed by atoms with Crippen molar-refractivity contribution < 1.29 is 0 Å². The minimum Gasteiger partial charge on any atom is -0.357 e. The third kappa shape index (κ3) is 7.34. The molecule has 146 valence electrons. The van der Waals surface area contributed by atoms with Crippen molar-refractivity contribution in [3.05, 3.63) is 35.9 Å². The molecule has 0 bridgehead atoms. The van der Waals surface area contributed by atoms with E-state index in [9.17, 15) is 0 Å². The molecule has 2 unspecified atom stereocenters. The Kier molecular flexibility index (Phi) is 8.92. The number of rotatable bonds is 8.